The van der Waals surface area contributed by atoms with Gasteiger partial charge in [0.05, 0.1) is 10.9 Å². The molecule has 2 aromatic rings. The number of aromatic nitrogens is 2. The number of nitrogens with one attached hydrogen (secondary N) is 3. The average Bonchev–Trinajstić information content (AvgIpc) is 3.90. The molecule has 0 unspecified atom stereocenters. The summed E-state index contributed by atoms with van der Waals surface area (Å²) in [7, 11) is 0. The number of hydrogen-bond donors (Lipinski definition) is 4. The number of carbonyl (C=O) groups excluding carboxylic acids is 4. The summed E-state index contributed by atoms with van der Waals surface area (Å²) in [6.07, 6.45) is 11.1. The number of benzene rings is 1. The second kappa shape index (κ2) is 16.9. The molecule has 0 spiro atoms. The largest absolute Gasteiger partial charge is 0.446 e. The first kappa shape index (κ1) is 38.8. The van der Waals surface area contributed by atoms with Crippen molar-refractivity contribution in [3.8, 4) is 0 Å². The Kier molecular flexibility index (Phi) is 12.6. The molecule has 5 N–H and O–H groups in total. The SMILES string of the molecule is C=C[C@H](C)[C@@](C)(NC(=O)[C@@H]1CCCN1C(=O)[C@@H](NC(=O)O[C@@H]1CCC[C@H]1CCCCCn1c(=O)[nH]c2cc(C)ccc2c1=O)C1CCCC1)C(N)=O. The highest BCUT2D eigenvalue weighted by molar-refractivity contribution is 5.95. The molecule has 6 atom stereocenters. The van der Waals surface area contributed by atoms with E-state index in [4.69, 9.17) is 10.5 Å². The lowest BCUT2D eigenvalue weighted by Gasteiger charge is -2.36. The van der Waals surface area contributed by atoms with E-state index in [-0.39, 0.29) is 29.4 Å². The Balaban J connectivity index is 1.15. The number of alkyl carbamates (subject to hydrolysis) is 1. The van der Waals surface area contributed by atoms with E-state index in [0.717, 1.165) is 69.8 Å². The Bertz CT molecular complexity index is 1760. The summed E-state index contributed by atoms with van der Waals surface area (Å²) in [6.45, 7) is 9.67. The third-order valence-electron chi connectivity index (χ3n) is 11.8. The first-order valence-corrected chi connectivity index (χ1v) is 19.1. The van der Waals surface area contributed by atoms with E-state index in [1.807, 2.05) is 13.0 Å². The average molecular weight is 721 g/mol. The number of fused-ring (bicyclic) bond motifs is 1. The topological polar surface area (TPSA) is 186 Å². The van der Waals surface area contributed by atoms with E-state index in [1.165, 1.54) is 9.47 Å². The molecular formula is C39H56N6O7. The van der Waals surface area contributed by atoms with Crippen LogP contribution >= 0.6 is 0 Å². The number of nitrogens with two attached hydrogens (primary N) is 1. The van der Waals surface area contributed by atoms with Gasteiger partial charge in [-0.1, -0.05) is 44.7 Å². The summed E-state index contributed by atoms with van der Waals surface area (Å²) in [5.74, 6) is -1.75. The van der Waals surface area contributed by atoms with E-state index < -0.39 is 47.1 Å². The van der Waals surface area contributed by atoms with Crippen LogP contribution < -0.4 is 27.6 Å². The van der Waals surface area contributed by atoms with Crippen LogP contribution in [-0.2, 0) is 25.7 Å². The molecule has 13 heteroatoms. The van der Waals surface area contributed by atoms with Crippen LogP contribution in [0.25, 0.3) is 10.9 Å². The molecule has 1 aliphatic heterocycles. The van der Waals surface area contributed by atoms with Crippen molar-refractivity contribution >= 4 is 34.7 Å². The molecule has 13 nitrogen and oxygen atoms in total. The highest BCUT2D eigenvalue weighted by atomic mass is 16.6. The Hall–Kier alpha value is -4.42. The van der Waals surface area contributed by atoms with Crippen molar-refractivity contribution in [3.63, 3.8) is 0 Å². The Morgan fingerprint density at radius 3 is 2.52 bits per heavy atom. The molecule has 1 aromatic carbocycles. The Morgan fingerprint density at radius 2 is 1.81 bits per heavy atom. The lowest BCUT2D eigenvalue weighted by Crippen LogP contribution is -2.63. The molecule has 0 bridgehead atoms. The number of H-pyrrole nitrogens is 1. The molecule has 2 heterocycles. The predicted octanol–water partition coefficient (Wildman–Crippen LogP) is 4.19. The number of aromatic amines is 1. The van der Waals surface area contributed by atoms with Crippen molar-refractivity contribution in [2.45, 2.75) is 135 Å². The molecule has 4 amide bonds. The summed E-state index contributed by atoms with van der Waals surface area (Å²) in [6, 6.07) is 3.81. The zero-order valence-electron chi connectivity index (χ0n) is 30.9. The van der Waals surface area contributed by atoms with Crippen LogP contribution in [0.4, 0.5) is 4.79 Å². The molecule has 3 aliphatic rings. The summed E-state index contributed by atoms with van der Waals surface area (Å²) >= 11 is 0. The van der Waals surface area contributed by atoms with Gasteiger partial charge in [0.25, 0.3) is 5.56 Å². The fourth-order valence-corrected chi connectivity index (χ4v) is 8.34. The summed E-state index contributed by atoms with van der Waals surface area (Å²) in [4.78, 5) is 83.3. The fourth-order valence-electron chi connectivity index (χ4n) is 8.34. The van der Waals surface area contributed by atoms with Gasteiger partial charge in [0.2, 0.25) is 17.7 Å². The third-order valence-corrected chi connectivity index (χ3v) is 11.8. The van der Waals surface area contributed by atoms with E-state index >= 15 is 0 Å². The van der Waals surface area contributed by atoms with Crippen LogP contribution in [-0.4, -0.2) is 68.5 Å². The third kappa shape index (κ3) is 8.61. The molecule has 5 rings (SSSR count). The number of unbranched alkanes of at least 4 members (excludes halogenated alkanes) is 2. The van der Waals surface area contributed by atoms with Gasteiger partial charge in [0.15, 0.2) is 0 Å². The normalized spacial score (nSPS) is 22.8. The molecule has 2 saturated carbocycles. The van der Waals surface area contributed by atoms with Gasteiger partial charge in [0.1, 0.15) is 23.7 Å². The first-order valence-electron chi connectivity index (χ1n) is 19.1. The maximum absolute atomic E-state index is 14.1. The van der Waals surface area contributed by atoms with E-state index in [1.54, 1.807) is 32.1 Å². The molecule has 284 valence electrons. The van der Waals surface area contributed by atoms with Crippen molar-refractivity contribution in [3.05, 3.63) is 57.3 Å². The maximum Gasteiger partial charge on any atom is 0.408 e. The number of amides is 4. The van der Waals surface area contributed by atoms with Crippen molar-refractivity contribution in [1.29, 1.82) is 0 Å². The monoisotopic (exact) mass is 720 g/mol. The maximum atomic E-state index is 14.1. The van der Waals surface area contributed by atoms with Crippen molar-refractivity contribution in [1.82, 2.24) is 25.1 Å². The lowest BCUT2D eigenvalue weighted by molar-refractivity contribution is -0.142. The molecule has 52 heavy (non-hydrogen) atoms. The van der Waals surface area contributed by atoms with Crippen LogP contribution in [0.3, 0.4) is 0 Å². The van der Waals surface area contributed by atoms with Crippen LogP contribution in [0, 0.1) is 24.7 Å². The predicted molar refractivity (Wildman–Crippen MR) is 198 cm³/mol. The number of rotatable bonds is 15. The standard InChI is InChI=1S/C39H56N6O7/c1-5-25(3)39(4,36(40)49)43-33(46)30-17-12-22-44(30)35(48)32(27-14-8-9-15-27)42-38(51)52-31-18-11-16-26(31)13-7-6-10-21-45-34(47)28-20-19-24(2)23-29(28)41-37(45)50/h5,19-20,23,25-27,30-32H,1,6-18,21-22H2,2-4H3,(H2,40,49)(H,41,50)(H,42,51)(H,43,46)/t25-,26+,30-,31+,32-,39+/m0/s1. The molecule has 1 saturated heterocycles. The van der Waals surface area contributed by atoms with Crippen LogP contribution in [0.15, 0.2) is 40.4 Å². The van der Waals surface area contributed by atoms with Gasteiger partial charge in [-0.15, -0.1) is 6.58 Å². The summed E-state index contributed by atoms with van der Waals surface area (Å²) < 4.78 is 7.25. The van der Waals surface area contributed by atoms with Gasteiger partial charge in [0, 0.05) is 19.0 Å². The smallest absolute Gasteiger partial charge is 0.408 e. The van der Waals surface area contributed by atoms with Crippen molar-refractivity contribution in [2.75, 3.05) is 6.54 Å². The second-order valence-electron chi connectivity index (χ2n) is 15.4. The molecule has 2 aliphatic carbocycles. The zero-order chi connectivity index (χ0) is 37.6. The van der Waals surface area contributed by atoms with Crippen molar-refractivity contribution in [2.24, 2.45) is 23.5 Å². The first-order chi connectivity index (χ1) is 24.8. The highest BCUT2D eigenvalue weighted by Gasteiger charge is 2.45. The van der Waals surface area contributed by atoms with Gasteiger partial charge in [-0.05, 0) is 101 Å². The number of primary amides is 1. The summed E-state index contributed by atoms with van der Waals surface area (Å²) in [5.41, 5.74) is 5.15. The minimum absolute atomic E-state index is 0.0631. The summed E-state index contributed by atoms with van der Waals surface area (Å²) in [5, 5.41) is 6.22. The number of carbonyl (C=O) groups is 4. The minimum Gasteiger partial charge on any atom is -0.446 e. The number of ether oxygens (including phenoxy) is 1. The quantitative estimate of drug-likeness (QED) is 0.157. The molecule has 1 aromatic heterocycles. The van der Waals surface area contributed by atoms with Crippen LogP contribution in [0.5, 0.6) is 0 Å². The fraction of sp³-hybridized carbons (Fsp3) is 0.641. The van der Waals surface area contributed by atoms with Gasteiger partial charge in [-0.25, -0.2) is 9.59 Å². The minimum atomic E-state index is -1.37. The van der Waals surface area contributed by atoms with E-state index in [9.17, 15) is 28.8 Å². The molecule has 3 fully saturated rings. The number of aryl methyl sites for hydroxylation is 1. The number of likely N-dealkylation sites (tertiary alicyclic amines) is 1. The zero-order valence-corrected chi connectivity index (χ0v) is 30.9. The Labute approximate surface area is 305 Å². The molecule has 0 radical (unpaired) electrons. The second-order valence-corrected chi connectivity index (χ2v) is 15.4. The highest BCUT2D eigenvalue weighted by Crippen LogP contribution is 2.34. The van der Waals surface area contributed by atoms with Gasteiger partial charge < -0.3 is 31.0 Å². The van der Waals surface area contributed by atoms with Crippen molar-refractivity contribution < 1.29 is 23.9 Å². The van der Waals surface area contributed by atoms with Crippen LogP contribution in [0.1, 0.15) is 103 Å². The van der Waals surface area contributed by atoms with Gasteiger partial charge >= 0.3 is 11.8 Å². The number of nitrogens with zero attached hydrogens (tertiary/aromatic N) is 2. The Morgan fingerprint density at radius 1 is 1.06 bits per heavy atom. The van der Waals surface area contributed by atoms with Gasteiger partial charge in [-0.3, -0.25) is 23.7 Å². The lowest BCUT2D eigenvalue weighted by atomic mass is 9.86. The van der Waals surface area contributed by atoms with E-state index in [0.29, 0.717) is 43.3 Å². The van der Waals surface area contributed by atoms with E-state index in [2.05, 4.69) is 22.2 Å². The van der Waals surface area contributed by atoms with Crippen LogP contribution in [0.2, 0.25) is 0 Å². The van der Waals surface area contributed by atoms with Gasteiger partial charge in [-0.2, -0.15) is 0 Å². The number of hydrogen-bond acceptors (Lipinski definition) is 7. The molecular weight excluding hydrogens is 664 g/mol.